The topological polar surface area (TPSA) is 198 Å². The molecule has 2 aliphatic rings. The molecule has 0 aromatic carbocycles. The Kier molecular flexibility index (Phi) is 9.33. The van der Waals surface area contributed by atoms with E-state index in [1.54, 1.807) is 32.9 Å². The summed E-state index contributed by atoms with van der Waals surface area (Å²) in [7, 11) is 0. The Balaban J connectivity index is 1.99. The van der Waals surface area contributed by atoms with Crippen LogP contribution in [0.15, 0.2) is 18.2 Å². The number of fused-ring (bicyclic) bond motifs is 2. The van der Waals surface area contributed by atoms with Gasteiger partial charge in [0.05, 0.1) is 47.5 Å². The number of carboxylic acids is 3. The van der Waals surface area contributed by atoms with Gasteiger partial charge in [-0.15, -0.1) is 0 Å². The number of carboxylic acid groups (broad SMARTS) is 3. The summed E-state index contributed by atoms with van der Waals surface area (Å²) in [6.07, 6.45) is 0.347. The third-order valence-electron chi connectivity index (χ3n) is 7.22. The summed E-state index contributed by atoms with van der Waals surface area (Å²) in [4.78, 5) is 49.6. The third-order valence-corrected chi connectivity index (χ3v) is 7.22. The summed E-state index contributed by atoms with van der Waals surface area (Å²) in [5.74, 6) is -4.41. The second-order valence-corrected chi connectivity index (χ2v) is 9.36. The van der Waals surface area contributed by atoms with Crippen molar-refractivity contribution in [3.05, 3.63) is 29.6 Å². The van der Waals surface area contributed by atoms with Gasteiger partial charge in [-0.1, -0.05) is 6.07 Å². The molecule has 1 aromatic rings. The van der Waals surface area contributed by atoms with E-state index >= 15 is 0 Å². The minimum Gasteiger partial charge on any atom is -0.548 e. The van der Waals surface area contributed by atoms with Crippen molar-refractivity contribution >= 4 is 17.9 Å². The average molecular weight is 507 g/mol. The molecule has 36 heavy (non-hydrogen) atoms. The molecule has 200 valence electrons. The van der Waals surface area contributed by atoms with Gasteiger partial charge in [0.25, 0.3) is 0 Å². The highest BCUT2D eigenvalue weighted by atomic mass is 17.1. The van der Waals surface area contributed by atoms with Gasteiger partial charge in [-0.2, -0.15) is 0 Å². The molecule has 4 unspecified atom stereocenters. The van der Waals surface area contributed by atoms with Crippen molar-refractivity contribution in [2.75, 3.05) is 39.3 Å². The number of pyridine rings is 1. The van der Waals surface area contributed by atoms with E-state index in [2.05, 4.69) is 9.87 Å². The quantitative estimate of drug-likeness (QED) is 0.228. The van der Waals surface area contributed by atoms with E-state index in [9.17, 15) is 29.7 Å². The first-order valence-electron chi connectivity index (χ1n) is 11.9. The van der Waals surface area contributed by atoms with Gasteiger partial charge in [-0.05, 0) is 38.4 Å². The molecule has 1 aliphatic carbocycles. The van der Waals surface area contributed by atoms with E-state index in [1.807, 2.05) is 0 Å². The van der Waals surface area contributed by atoms with Crippen LogP contribution >= 0.6 is 0 Å². The van der Waals surface area contributed by atoms with Crippen LogP contribution in [0.25, 0.3) is 0 Å². The fourth-order valence-electron chi connectivity index (χ4n) is 5.01. The number of hydrogen-bond donors (Lipinski definition) is 2. The number of nitrogens with two attached hydrogens (primary N) is 1. The molecule has 1 saturated carbocycles. The van der Waals surface area contributed by atoms with Crippen molar-refractivity contribution in [2.24, 2.45) is 11.7 Å². The molecule has 4 atom stereocenters. The highest BCUT2D eigenvalue weighted by Crippen LogP contribution is 2.49. The monoisotopic (exact) mass is 506 g/mol. The van der Waals surface area contributed by atoms with Crippen molar-refractivity contribution in [2.45, 2.75) is 50.5 Å². The summed E-state index contributed by atoms with van der Waals surface area (Å²) in [5, 5.41) is 44.7. The van der Waals surface area contributed by atoms with Gasteiger partial charge in [-0.3, -0.25) is 24.9 Å². The van der Waals surface area contributed by atoms with Crippen molar-refractivity contribution < 1.29 is 39.8 Å². The van der Waals surface area contributed by atoms with Crippen LogP contribution in [0.4, 0.5) is 0 Å². The normalized spacial score (nSPS) is 25.8. The lowest BCUT2D eigenvalue weighted by molar-refractivity contribution is -0.317. The van der Waals surface area contributed by atoms with Crippen LogP contribution in [-0.2, 0) is 32.4 Å². The van der Waals surface area contributed by atoms with Gasteiger partial charge in [0, 0.05) is 51.2 Å². The molecule has 0 amide bonds. The Labute approximate surface area is 209 Å². The van der Waals surface area contributed by atoms with E-state index < -0.39 is 41.4 Å². The summed E-state index contributed by atoms with van der Waals surface area (Å²) in [6, 6.07) is 3.21. The lowest BCUT2D eigenvalue weighted by Gasteiger charge is -2.39. The minimum atomic E-state index is -1.39. The van der Waals surface area contributed by atoms with Crippen molar-refractivity contribution in [1.82, 2.24) is 19.7 Å². The molecule has 13 heteroatoms. The third kappa shape index (κ3) is 6.17. The van der Waals surface area contributed by atoms with Crippen LogP contribution in [0.5, 0.6) is 0 Å². The summed E-state index contributed by atoms with van der Waals surface area (Å²) < 4.78 is 0. The Hall–Kier alpha value is -2.68. The summed E-state index contributed by atoms with van der Waals surface area (Å²) in [5.41, 5.74) is 5.34. The Morgan fingerprint density at radius 3 is 2.33 bits per heavy atom. The predicted octanol–water partition coefficient (Wildman–Crippen LogP) is -4.39. The standard InChI is InChI=1S/C23H35N5O8/c1-15(20(29)30)26-7-8-27(19(5-6-24)21(31)32)12-17-3-2-4-18(25-17)13-28(10-9-26)23(22(33)34)11-16(23)14-36-35/h2-4,15-16,19,35H,5-14,24H2,1H3,(H,29,30)(H,31,32)(H,33,34)/p-3. The number of aromatic nitrogens is 1. The number of nitrogens with zero attached hydrogens (tertiary/aromatic N) is 4. The Bertz CT molecular complexity index is 949. The maximum absolute atomic E-state index is 12.2. The first-order valence-corrected chi connectivity index (χ1v) is 11.9. The molecule has 2 bridgehead atoms. The molecule has 13 nitrogen and oxygen atoms in total. The zero-order chi connectivity index (χ0) is 26.5. The number of carbonyl (C=O) groups is 3. The van der Waals surface area contributed by atoms with Crippen molar-refractivity contribution in [1.29, 1.82) is 0 Å². The van der Waals surface area contributed by atoms with E-state index in [4.69, 9.17) is 11.0 Å². The fraction of sp³-hybridized carbons (Fsp3) is 0.652. The zero-order valence-corrected chi connectivity index (χ0v) is 20.2. The molecule has 0 spiro atoms. The van der Waals surface area contributed by atoms with Gasteiger partial charge in [-0.25, -0.2) is 4.89 Å². The average Bonchev–Trinajstić information content (AvgIpc) is 3.55. The molecular formula is C23H32N5O8-3. The van der Waals surface area contributed by atoms with E-state index in [1.165, 1.54) is 6.92 Å². The number of rotatable bonds is 10. The fourth-order valence-corrected chi connectivity index (χ4v) is 5.01. The van der Waals surface area contributed by atoms with E-state index in [-0.39, 0.29) is 65.3 Å². The van der Waals surface area contributed by atoms with Crippen LogP contribution in [0.1, 0.15) is 31.2 Å². The number of hydrogen-bond acceptors (Lipinski definition) is 13. The number of aliphatic carboxylic acids is 3. The SMILES string of the molecule is CC(C(=O)[O-])N1CCN(C(CCN)C(=O)[O-])Cc2cccc(n2)CN(C2(C(=O)[O-])CC2COO)CC1. The molecule has 1 aromatic heterocycles. The Morgan fingerprint density at radius 2 is 1.75 bits per heavy atom. The lowest BCUT2D eigenvalue weighted by Crippen LogP contribution is -2.57. The van der Waals surface area contributed by atoms with Gasteiger partial charge >= 0.3 is 0 Å². The van der Waals surface area contributed by atoms with E-state index in [0.29, 0.717) is 11.4 Å². The molecule has 3 N–H and O–H groups in total. The van der Waals surface area contributed by atoms with Crippen molar-refractivity contribution in [3.8, 4) is 0 Å². The Morgan fingerprint density at radius 1 is 1.11 bits per heavy atom. The van der Waals surface area contributed by atoms with Crippen LogP contribution in [0.2, 0.25) is 0 Å². The highest BCUT2D eigenvalue weighted by molar-refractivity contribution is 5.81. The second kappa shape index (κ2) is 12.0. The van der Waals surface area contributed by atoms with Crippen LogP contribution in [0, 0.1) is 5.92 Å². The second-order valence-electron chi connectivity index (χ2n) is 9.36. The van der Waals surface area contributed by atoms with E-state index in [0.717, 1.165) is 0 Å². The van der Waals surface area contributed by atoms with Gasteiger partial charge in [0.15, 0.2) is 0 Å². The molecule has 3 rings (SSSR count). The maximum atomic E-state index is 12.2. The molecule has 1 aliphatic heterocycles. The smallest absolute Gasteiger partial charge is 0.0870 e. The summed E-state index contributed by atoms with van der Waals surface area (Å²) in [6.45, 7) is 2.30. The van der Waals surface area contributed by atoms with Gasteiger partial charge in [0.1, 0.15) is 0 Å². The lowest BCUT2D eigenvalue weighted by atomic mass is 10.1. The largest absolute Gasteiger partial charge is 0.548 e. The molecule has 0 radical (unpaired) electrons. The van der Waals surface area contributed by atoms with Crippen LogP contribution < -0.4 is 21.1 Å². The zero-order valence-electron chi connectivity index (χ0n) is 20.2. The first-order chi connectivity index (χ1) is 17.1. The van der Waals surface area contributed by atoms with Gasteiger partial charge in [0.2, 0.25) is 0 Å². The van der Waals surface area contributed by atoms with Gasteiger partial charge < -0.3 is 35.4 Å². The first kappa shape index (κ1) is 27.9. The molecule has 1 fully saturated rings. The van der Waals surface area contributed by atoms with Crippen LogP contribution in [-0.4, -0.2) is 99.8 Å². The van der Waals surface area contributed by atoms with Crippen molar-refractivity contribution in [3.63, 3.8) is 0 Å². The maximum Gasteiger partial charge on any atom is 0.0870 e. The highest BCUT2D eigenvalue weighted by Gasteiger charge is 2.59. The summed E-state index contributed by atoms with van der Waals surface area (Å²) >= 11 is 0. The molecular weight excluding hydrogens is 474 g/mol. The number of carbonyl (C=O) groups excluding carboxylic acids is 3. The molecule has 0 saturated heterocycles. The van der Waals surface area contributed by atoms with Crippen LogP contribution in [0.3, 0.4) is 0 Å². The minimum absolute atomic E-state index is 0.115. The molecule has 2 heterocycles. The predicted molar refractivity (Wildman–Crippen MR) is 118 cm³/mol.